The molecule has 1 nitrogen and oxygen atoms in total. The van der Waals surface area contributed by atoms with E-state index in [0.717, 1.165) is 11.1 Å². The van der Waals surface area contributed by atoms with Gasteiger partial charge in [0.25, 0.3) is 0 Å². The second-order valence-corrected chi connectivity index (χ2v) is 3.18. The zero-order valence-corrected chi connectivity index (χ0v) is 8.39. The number of allylic oxidation sites excluding steroid dienone is 2. The fraction of sp³-hybridized carbons (Fsp3) is 0.182. The van der Waals surface area contributed by atoms with E-state index in [9.17, 15) is 0 Å². The molecule has 0 atom stereocenters. The summed E-state index contributed by atoms with van der Waals surface area (Å²) in [6.07, 6.45) is 1.97. The summed E-state index contributed by atoms with van der Waals surface area (Å²) in [6, 6.07) is 5.31. The Labute approximate surface area is 83.5 Å². The third kappa shape index (κ3) is 2.11. The highest BCUT2D eigenvalue weighted by atomic mass is 35.5. The quantitative estimate of drug-likeness (QED) is 0.583. The van der Waals surface area contributed by atoms with Crippen LogP contribution in [0.4, 0.5) is 5.69 Å². The molecule has 0 amide bonds. The maximum absolute atomic E-state index is 6.98. The van der Waals surface area contributed by atoms with Gasteiger partial charge in [-0.2, -0.15) is 0 Å². The molecule has 0 spiro atoms. The summed E-state index contributed by atoms with van der Waals surface area (Å²) in [5.74, 6) is 0. The van der Waals surface area contributed by atoms with Crippen molar-refractivity contribution >= 4 is 22.9 Å². The van der Waals surface area contributed by atoms with Gasteiger partial charge in [0, 0.05) is 5.02 Å². The Hall–Kier alpha value is -1.26. The normalized spacial score (nSPS) is 11.1. The molecule has 0 unspecified atom stereocenters. The van der Waals surface area contributed by atoms with E-state index in [0.29, 0.717) is 10.7 Å². The largest absolute Gasteiger partial charge is 0.238 e. The average Bonchev–Trinajstić information content (AvgIpc) is 2.16. The van der Waals surface area contributed by atoms with Crippen LogP contribution in [-0.4, -0.2) is 0 Å². The molecule has 0 fully saturated rings. The van der Waals surface area contributed by atoms with Gasteiger partial charge in [0.05, 0.1) is 6.57 Å². The van der Waals surface area contributed by atoms with Crippen LogP contribution in [0, 0.1) is 6.57 Å². The summed E-state index contributed by atoms with van der Waals surface area (Å²) in [6.45, 7) is 10.9. The maximum Gasteiger partial charge on any atom is 0.194 e. The molecule has 0 radical (unpaired) electrons. The monoisotopic (exact) mass is 191 g/mol. The number of hydrogen-bond acceptors (Lipinski definition) is 0. The van der Waals surface area contributed by atoms with E-state index in [1.54, 1.807) is 12.1 Å². The third-order valence-corrected chi connectivity index (χ3v) is 2.17. The van der Waals surface area contributed by atoms with E-state index in [2.05, 4.69) is 4.85 Å². The van der Waals surface area contributed by atoms with Crippen LogP contribution in [0.5, 0.6) is 0 Å². The molecule has 0 aliphatic carbocycles. The highest BCUT2D eigenvalue weighted by molar-refractivity contribution is 6.30. The van der Waals surface area contributed by atoms with Gasteiger partial charge in [-0.05, 0) is 25.5 Å². The molecule has 1 rings (SSSR count). The lowest BCUT2D eigenvalue weighted by Gasteiger charge is -2.03. The Morgan fingerprint density at radius 2 is 2.23 bits per heavy atom. The summed E-state index contributed by atoms with van der Waals surface area (Å²) < 4.78 is 0. The third-order valence-electron chi connectivity index (χ3n) is 1.94. The van der Waals surface area contributed by atoms with Crippen LogP contribution in [-0.2, 0) is 0 Å². The molecular weight excluding hydrogens is 182 g/mol. The van der Waals surface area contributed by atoms with E-state index >= 15 is 0 Å². The molecule has 0 heterocycles. The molecule has 0 aliphatic rings. The fourth-order valence-electron chi connectivity index (χ4n) is 1.08. The number of halogens is 1. The Morgan fingerprint density at radius 1 is 1.54 bits per heavy atom. The summed E-state index contributed by atoms with van der Waals surface area (Å²) >= 11 is 5.84. The van der Waals surface area contributed by atoms with Crippen LogP contribution in [0.15, 0.2) is 24.3 Å². The molecule has 1 aromatic rings. The van der Waals surface area contributed by atoms with E-state index in [1.807, 2.05) is 26.0 Å². The van der Waals surface area contributed by atoms with Gasteiger partial charge >= 0.3 is 0 Å². The first-order valence-electron chi connectivity index (χ1n) is 3.99. The Morgan fingerprint density at radius 3 is 2.77 bits per heavy atom. The van der Waals surface area contributed by atoms with Crippen LogP contribution in [0.1, 0.15) is 19.4 Å². The highest BCUT2D eigenvalue weighted by Gasteiger charge is 2.03. The molecular formula is C11H10ClN. The van der Waals surface area contributed by atoms with E-state index < -0.39 is 0 Å². The van der Waals surface area contributed by atoms with Crippen molar-refractivity contribution in [1.82, 2.24) is 0 Å². The predicted molar refractivity (Wildman–Crippen MR) is 57.0 cm³/mol. The minimum atomic E-state index is 0.653. The lowest BCUT2D eigenvalue weighted by atomic mass is 10.1. The molecule has 0 saturated heterocycles. The van der Waals surface area contributed by atoms with E-state index in [-0.39, 0.29) is 0 Å². The van der Waals surface area contributed by atoms with Crippen molar-refractivity contribution in [3.8, 4) is 0 Å². The lowest BCUT2D eigenvalue weighted by molar-refractivity contribution is 1.55. The van der Waals surface area contributed by atoms with Gasteiger partial charge in [0.1, 0.15) is 0 Å². The Kier molecular flexibility index (Phi) is 3.11. The number of nitrogens with zero attached hydrogens (tertiary/aromatic N) is 1. The van der Waals surface area contributed by atoms with Gasteiger partial charge in [-0.1, -0.05) is 35.4 Å². The summed E-state index contributed by atoms with van der Waals surface area (Å²) in [7, 11) is 0. The zero-order chi connectivity index (χ0) is 9.84. The van der Waals surface area contributed by atoms with Gasteiger partial charge in [0.15, 0.2) is 5.69 Å². The van der Waals surface area contributed by atoms with Crippen molar-refractivity contribution in [1.29, 1.82) is 0 Å². The van der Waals surface area contributed by atoms with Crippen molar-refractivity contribution in [2.75, 3.05) is 0 Å². The fourth-order valence-corrected chi connectivity index (χ4v) is 1.25. The van der Waals surface area contributed by atoms with Crippen molar-refractivity contribution in [3.63, 3.8) is 0 Å². The maximum atomic E-state index is 6.98. The summed E-state index contributed by atoms with van der Waals surface area (Å²) in [5, 5.41) is 0.670. The van der Waals surface area contributed by atoms with Gasteiger partial charge in [-0.25, -0.2) is 4.85 Å². The zero-order valence-electron chi connectivity index (χ0n) is 7.63. The first-order chi connectivity index (χ1) is 6.19. The van der Waals surface area contributed by atoms with Gasteiger partial charge in [-0.15, -0.1) is 0 Å². The number of benzene rings is 1. The predicted octanol–water partition coefficient (Wildman–Crippen LogP) is 4.31. The first-order valence-corrected chi connectivity index (χ1v) is 4.37. The van der Waals surface area contributed by atoms with Crippen LogP contribution in [0.3, 0.4) is 0 Å². The van der Waals surface area contributed by atoms with Crippen LogP contribution >= 0.6 is 11.6 Å². The van der Waals surface area contributed by atoms with Crippen LogP contribution in [0.2, 0.25) is 5.02 Å². The Bertz CT molecular complexity index is 386. The second kappa shape index (κ2) is 4.11. The standard InChI is InChI=1S/C11H10ClN/c1-4-8(2)10-7-9(12)5-6-11(10)13-3/h4-7H,1-2H3/b8-4+. The highest BCUT2D eigenvalue weighted by Crippen LogP contribution is 2.28. The minimum absolute atomic E-state index is 0.653. The van der Waals surface area contributed by atoms with Gasteiger partial charge < -0.3 is 0 Å². The second-order valence-electron chi connectivity index (χ2n) is 2.74. The Balaban J connectivity index is 3.34. The lowest BCUT2D eigenvalue weighted by Crippen LogP contribution is -1.79. The molecule has 2 heteroatoms. The SMILES string of the molecule is [C-]#[N+]c1ccc(Cl)cc1/C(C)=C/C. The molecule has 0 N–H and O–H groups in total. The van der Waals surface area contributed by atoms with Crippen LogP contribution < -0.4 is 0 Å². The average molecular weight is 192 g/mol. The molecule has 0 bridgehead atoms. The number of hydrogen-bond donors (Lipinski definition) is 0. The van der Waals surface area contributed by atoms with Crippen molar-refractivity contribution in [3.05, 3.63) is 46.3 Å². The van der Waals surface area contributed by atoms with Crippen molar-refractivity contribution < 1.29 is 0 Å². The molecule has 13 heavy (non-hydrogen) atoms. The molecule has 0 aliphatic heterocycles. The summed E-state index contributed by atoms with van der Waals surface area (Å²) in [4.78, 5) is 3.43. The first kappa shape index (κ1) is 9.83. The molecule has 1 aromatic carbocycles. The van der Waals surface area contributed by atoms with Gasteiger partial charge in [-0.3, -0.25) is 0 Å². The molecule has 0 aromatic heterocycles. The van der Waals surface area contributed by atoms with Gasteiger partial charge in [0.2, 0.25) is 0 Å². The topological polar surface area (TPSA) is 4.36 Å². The number of rotatable bonds is 1. The molecule has 0 saturated carbocycles. The molecule has 66 valence electrons. The smallest absolute Gasteiger partial charge is 0.194 e. The van der Waals surface area contributed by atoms with E-state index in [4.69, 9.17) is 18.2 Å². The van der Waals surface area contributed by atoms with Crippen molar-refractivity contribution in [2.45, 2.75) is 13.8 Å². The minimum Gasteiger partial charge on any atom is -0.238 e. The summed E-state index contributed by atoms with van der Waals surface area (Å²) in [5.41, 5.74) is 2.65. The van der Waals surface area contributed by atoms with Crippen LogP contribution in [0.25, 0.3) is 10.4 Å². The van der Waals surface area contributed by atoms with E-state index in [1.165, 1.54) is 0 Å². The van der Waals surface area contributed by atoms with Crippen molar-refractivity contribution in [2.24, 2.45) is 0 Å².